The number of amides is 2. The van der Waals surface area contributed by atoms with Gasteiger partial charge in [0.05, 0.1) is 10.6 Å². The highest BCUT2D eigenvalue weighted by molar-refractivity contribution is 7.89. The van der Waals surface area contributed by atoms with Crippen molar-refractivity contribution in [2.24, 2.45) is 0 Å². The molecule has 0 atom stereocenters. The molecule has 0 unspecified atom stereocenters. The van der Waals surface area contributed by atoms with Gasteiger partial charge in [-0.15, -0.1) is 0 Å². The molecule has 0 aromatic heterocycles. The fourth-order valence-corrected chi connectivity index (χ4v) is 4.94. The summed E-state index contributed by atoms with van der Waals surface area (Å²) in [6, 6.07) is 11.4. The van der Waals surface area contributed by atoms with Crippen LogP contribution in [0.3, 0.4) is 0 Å². The van der Waals surface area contributed by atoms with Gasteiger partial charge < -0.3 is 10.1 Å². The van der Waals surface area contributed by atoms with E-state index in [0.29, 0.717) is 23.9 Å². The van der Waals surface area contributed by atoms with Gasteiger partial charge in [-0.05, 0) is 29.8 Å². The molecule has 1 heterocycles. The number of fused-ring (bicyclic) bond motifs is 1. The van der Waals surface area contributed by atoms with Crippen molar-refractivity contribution in [1.29, 1.82) is 0 Å². The molecule has 1 aliphatic rings. The molecule has 0 saturated carbocycles. The van der Waals surface area contributed by atoms with Crippen LogP contribution in [0.15, 0.2) is 47.4 Å². The standard InChI is InChI=1S/C21H24ClN3O5S/c1-3-24(4-2)31(28,29)16-9-10-19-18(11-16)25(21(27)14-30-19)13-20(26)23-12-15-7-5-6-8-17(15)22/h5-11H,3-4,12-14H2,1-2H3,(H,23,26). The summed E-state index contributed by atoms with van der Waals surface area (Å²) < 4.78 is 32.5. The Bertz CT molecular complexity index is 1090. The molecule has 2 aromatic carbocycles. The maximum Gasteiger partial charge on any atom is 0.265 e. The van der Waals surface area contributed by atoms with Crippen molar-refractivity contribution in [3.8, 4) is 5.75 Å². The molecule has 0 fully saturated rings. The van der Waals surface area contributed by atoms with Gasteiger partial charge in [-0.1, -0.05) is 43.6 Å². The molecule has 31 heavy (non-hydrogen) atoms. The summed E-state index contributed by atoms with van der Waals surface area (Å²) in [5, 5.41) is 3.26. The number of ether oxygens (including phenoxy) is 1. The van der Waals surface area contributed by atoms with Gasteiger partial charge in [0.2, 0.25) is 15.9 Å². The molecule has 10 heteroatoms. The maximum atomic E-state index is 12.9. The second kappa shape index (κ2) is 9.67. The Labute approximate surface area is 186 Å². The molecular weight excluding hydrogens is 442 g/mol. The molecule has 1 aliphatic heterocycles. The first kappa shape index (κ1) is 23.1. The molecule has 3 rings (SSSR count). The van der Waals surface area contributed by atoms with Crippen molar-refractivity contribution in [1.82, 2.24) is 9.62 Å². The number of halogens is 1. The number of carbonyl (C=O) groups excluding carboxylic acids is 2. The van der Waals surface area contributed by atoms with E-state index in [2.05, 4.69) is 5.32 Å². The fraction of sp³-hybridized carbons (Fsp3) is 0.333. The molecule has 1 N–H and O–H groups in total. The minimum absolute atomic E-state index is 0.0368. The molecule has 0 radical (unpaired) electrons. The topological polar surface area (TPSA) is 96.0 Å². The summed E-state index contributed by atoms with van der Waals surface area (Å²) >= 11 is 6.11. The normalized spacial score (nSPS) is 13.7. The lowest BCUT2D eigenvalue weighted by Gasteiger charge is -2.29. The predicted molar refractivity (Wildman–Crippen MR) is 118 cm³/mol. The SMILES string of the molecule is CCN(CC)S(=O)(=O)c1ccc2c(c1)N(CC(=O)NCc1ccccc1Cl)C(=O)CO2. The Kier molecular flexibility index (Phi) is 7.19. The second-order valence-corrected chi connectivity index (χ2v) is 9.20. The van der Waals surface area contributed by atoms with E-state index in [1.54, 1.807) is 32.0 Å². The number of rotatable bonds is 8. The molecule has 2 aromatic rings. The van der Waals surface area contributed by atoms with E-state index in [4.69, 9.17) is 16.3 Å². The van der Waals surface area contributed by atoms with E-state index in [1.807, 2.05) is 6.07 Å². The number of hydrogen-bond donors (Lipinski definition) is 1. The summed E-state index contributed by atoms with van der Waals surface area (Å²) in [5.74, 6) is -0.493. The van der Waals surface area contributed by atoms with Gasteiger partial charge in [-0.3, -0.25) is 14.5 Å². The van der Waals surface area contributed by atoms with Crippen LogP contribution in [0.25, 0.3) is 0 Å². The Morgan fingerprint density at radius 3 is 2.58 bits per heavy atom. The fourth-order valence-electron chi connectivity index (χ4n) is 3.26. The van der Waals surface area contributed by atoms with Gasteiger partial charge >= 0.3 is 0 Å². The van der Waals surface area contributed by atoms with Gasteiger partial charge in [0.15, 0.2) is 6.61 Å². The molecule has 2 amide bonds. The summed E-state index contributed by atoms with van der Waals surface area (Å²) in [6.45, 7) is 3.85. The van der Waals surface area contributed by atoms with Crippen LogP contribution in [-0.2, 0) is 26.2 Å². The lowest BCUT2D eigenvalue weighted by atomic mass is 10.2. The van der Waals surface area contributed by atoms with E-state index in [1.165, 1.54) is 27.4 Å². The van der Waals surface area contributed by atoms with Crippen LogP contribution in [0, 0.1) is 0 Å². The van der Waals surface area contributed by atoms with Crippen molar-refractivity contribution in [2.45, 2.75) is 25.3 Å². The first-order valence-corrected chi connectivity index (χ1v) is 11.7. The smallest absolute Gasteiger partial charge is 0.265 e. The lowest BCUT2D eigenvalue weighted by molar-refractivity contribution is -0.125. The number of nitrogens with zero attached hydrogens (tertiary/aromatic N) is 2. The summed E-state index contributed by atoms with van der Waals surface area (Å²) in [4.78, 5) is 26.3. The molecular formula is C21H24ClN3O5S. The summed E-state index contributed by atoms with van der Waals surface area (Å²) in [7, 11) is -3.73. The van der Waals surface area contributed by atoms with Crippen molar-refractivity contribution < 1.29 is 22.7 Å². The van der Waals surface area contributed by atoms with E-state index in [0.717, 1.165) is 5.56 Å². The second-order valence-electron chi connectivity index (χ2n) is 6.86. The Balaban J connectivity index is 1.82. The van der Waals surface area contributed by atoms with Gasteiger partial charge in [0.1, 0.15) is 12.3 Å². The zero-order valence-electron chi connectivity index (χ0n) is 17.3. The third-order valence-electron chi connectivity index (χ3n) is 4.95. The van der Waals surface area contributed by atoms with Crippen LogP contribution >= 0.6 is 11.6 Å². The molecule has 0 aliphatic carbocycles. The number of nitrogens with one attached hydrogen (secondary N) is 1. The molecule has 0 spiro atoms. The molecule has 0 bridgehead atoms. The van der Waals surface area contributed by atoms with Crippen molar-refractivity contribution in [3.05, 3.63) is 53.1 Å². The maximum absolute atomic E-state index is 12.9. The minimum Gasteiger partial charge on any atom is -0.482 e. The summed E-state index contributed by atoms with van der Waals surface area (Å²) in [5.41, 5.74) is 0.996. The number of benzene rings is 2. The van der Waals surface area contributed by atoms with E-state index >= 15 is 0 Å². The molecule has 166 valence electrons. The highest BCUT2D eigenvalue weighted by Crippen LogP contribution is 2.34. The van der Waals surface area contributed by atoms with E-state index in [9.17, 15) is 18.0 Å². The lowest BCUT2D eigenvalue weighted by Crippen LogP contribution is -2.45. The van der Waals surface area contributed by atoms with Crippen LogP contribution in [0.4, 0.5) is 5.69 Å². The Morgan fingerprint density at radius 2 is 1.90 bits per heavy atom. The monoisotopic (exact) mass is 465 g/mol. The third kappa shape index (κ3) is 5.00. The minimum atomic E-state index is -3.73. The average molecular weight is 466 g/mol. The molecule has 8 nitrogen and oxygen atoms in total. The van der Waals surface area contributed by atoms with Gasteiger partial charge in [0.25, 0.3) is 5.91 Å². The van der Waals surface area contributed by atoms with Crippen molar-refractivity contribution >= 4 is 39.1 Å². The highest BCUT2D eigenvalue weighted by atomic mass is 35.5. The highest BCUT2D eigenvalue weighted by Gasteiger charge is 2.30. The van der Waals surface area contributed by atoms with Crippen LogP contribution in [0.5, 0.6) is 5.75 Å². The Hall–Kier alpha value is -2.62. The Morgan fingerprint density at radius 1 is 1.19 bits per heavy atom. The number of hydrogen-bond acceptors (Lipinski definition) is 5. The van der Waals surface area contributed by atoms with E-state index < -0.39 is 21.8 Å². The van der Waals surface area contributed by atoms with Gasteiger partial charge in [-0.25, -0.2) is 8.42 Å². The van der Waals surface area contributed by atoms with Crippen LogP contribution in [-0.4, -0.2) is 50.8 Å². The molecule has 0 saturated heterocycles. The first-order chi connectivity index (χ1) is 14.8. The predicted octanol–water partition coefficient (Wildman–Crippen LogP) is 2.41. The third-order valence-corrected chi connectivity index (χ3v) is 7.37. The van der Waals surface area contributed by atoms with Crippen LogP contribution < -0.4 is 15.0 Å². The first-order valence-electron chi connectivity index (χ1n) is 9.85. The van der Waals surface area contributed by atoms with E-state index in [-0.39, 0.29) is 30.3 Å². The van der Waals surface area contributed by atoms with Crippen LogP contribution in [0.1, 0.15) is 19.4 Å². The number of anilines is 1. The zero-order valence-corrected chi connectivity index (χ0v) is 18.9. The van der Waals surface area contributed by atoms with Gasteiger partial charge in [-0.2, -0.15) is 4.31 Å². The summed E-state index contributed by atoms with van der Waals surface area (Å²) in [6.07, 6.45) is 0. The number of sulfonamides is 1. The van der Waals surface area contributed by atoms with Crippen LogP contribution in [0.2, 0.25) is 5.02 Å². The van der Waals surface area contributed by atoms with Crippen molar-refractivity contribution in [2.75, 3.05) is 31.1 Å². The van der Waals surface area contributed by atoms with Gasteiger partial charge in [0, 0.05) is 24.7 Å². The number of carbonyl (C=O) groups is 2. The largest absolute Gasteiger partial charge is 0.482 e. The average Bonchev–Trinajstić information content (AvgIpc) is 2.75. The quantitative estimate of drug-likeness (QED) is 0.645. The van der Waals surface area contributed by atoms with Crippen molar-refractivity contribution in [3.63, 3.8) is 0 Å². The zero-order chi connectivity index (χ0) is 22.6.